The lowest BCUT2D eigenvalue weighted by molar-refractivity contribution is -0.659. The fourth-order valence-electron chi connectivity index (χ4n) is 4.82. The second-order valence-corrected chi connectivity index (χ2v) is 9.29. The lowest BCUT2D eigenvalue weighted by atomic mass is 9.92. The average molecular weight is 420 g/mol. The Labute approximate surface area is 188 Å². The van der Waals surface area contributed by atoms with Crippen LogP contribution in [0.1, 0.15) is 36.1 Å². The van der Waals surface area contributed by atoms with Gasteiger partial charge in [-0.2, -0.15) is 5.26 Å². The molecule has 5 rings (SSSR count). The van der Waals surface area contributed by atoms with Gasteiger partial charge in [0.2, 0.25) is 5.69 Å². The second-order valence-electron chi connectivity index (χ2n) is 9.29. The first-order valence-corrected chi connectivity index (χ1v) is 11.2. The number of rotatable bonds is 3. The maximum absolute atomic E-state index is 9.39. The molecule has 0 N–H and O–H groups in total. The number of benzene rings is 3. The predicted octanol–water partition coefficient (Wildman–Crippen LogP) is 6.92. The summed E-state index contributed by atoms with van der Waals surface area (Å²) in [5.74, 6) is 0.624. The maximum atomic E-state index is 9.39. The first-order chi connectivity index (χ1) is 15.4. The summed E-state index contributed by atoms with van der Waals surface area (Å²) in [6.07, 6.45) is 3.21. The molecule has 0 atom stereocenters. The molecule has 3 aromatic carbocycles. The summed E-state index contributed by atoms with van der Waals surface area (Å²) in [6.45, 7) is 8.83. The smallest absolute Gasteiger partial charge is 0.224 e. The summed E-state index contributed by atoms with van der Waals surface area (Å²) in [4.78, 5) is 0. The van der Waals surface area contributed by atoms with E-state index in [1.807, 2.05) is 18.2 Å². The third kappa shape index (κ3) is 3.15. The van der Waals surface area contributed by atoms with Gasteiger partial charge in [-0.3, -0.25) is 0 Å². The van der Waals surface area contributed by atoms with Crippen LogP contribution < -0.4 is 4.57 Å². The minimum atomic E-state index is 0.624. The molecule has 0 unspecified atom stereocenters. The molecule has 0 aliphatic rings. The molecule has 32 heavy (non-hydrogen) atoms. The lowest BCUT2D eigenvalue weighted by Crippen LogP contribution is -2.31. The molecule has 5 aromatic rings. The van der Waals surface area contributed by atoms with Gasteiger partial charge in [-0.25, -0.2) is 4.57 Å². The summed E-state index contributed by atoms with van der Waals surface area (Å²) in [6, 6.07) is 19.1. The van der Waals surface area contributed by atoms with E-state index in [1.54, 1.807) is 0 Å². The zero-order chi connectivity index (χ0) is 22.6. The van der Waals surface area contributed by atoms with Crippen LogP contribution in [0.25, 0.3) is 44.0 Å². The van der Waals surface area contributed by atoms with Crippen LogP contribution >= 0.6 is 0 Å². The van der Waals surface area contributed by atoms with Crippen LogP contribution in [-0.2, 0) is 13.5 Å². The van der Waals surface area contributed by atoms with Gasteiger partial charge < -0.3 is 4.42 Å². The largest absolute Gasteiger partial charge is 0.455 e. The fourth-order valence-corrected chi connectivity index (χ4v) is 4.82. The van der Waals surface area contributed by atoms with Crippen LogP contribution in [0.3, 0.4) is 0 Å². The highest BCUT2D eigenvalue weighted by molar-refractivity contribution is 6.12. The Hall–Kier alpha value is -3.64. The van der Waals surface area contributed by atoms with Crippen LogP contribution in [0.5, 0.6) is 0 Å². The van der Waals surface area contributed by atoms with Crippen LogP contribution in [0.15, 0.2) is 59.1 Å². The van der Waals surface area contributed by atoms with Crippen molar-refractivity contribution in [2.24, 2.45) is 13.0 Å². The molecule has 3 heteroatoms. The highest BCUT2D eigenvalue weighted by Gasteiger charge is 2.24. The molecule has 0 radical (unpaired) electrons. The number of hydrogen-bond acceptors (Lipinski definition) is 2. The zero-order valence-corrected chi connectivity index (χ0v) is 19.3. The minimum Gasteiger partial charge on any atom is -0.455 e. The second kappa shape index (κ2) is 7.50. The normalized spacial score (nSPS) is 11.7. The molecule has 0 aliphatic carbocycles. The Morgan fingerprint density at radius 1 is 0.969 bits per heavy atom. The maximum Gasteiger partial charge on any atom is 0.224 e. The van der Waals surface area contributed by atoms with E-state index in [0.717, 1.165) is 39.6 Å². The van der Waals surface area contributed by atoms with E-state index in [0.29, 0.717) is 11.5 Å². The number of aryl methyl sites for hydroxylation is 2. The molecular formula is C29H27N2O+. The van der Waals surface area contributed by atoms with Gasteiger partial charge >= 0.3 is 0 Å². The van der Waals surface area contributed by atoms with Crippen molar-refractivity contribution in [3.8, 4) is 17.3 Å². The zero-order valence-electron chi connectivity index (χ0n) is 19.3. The molecule has 158 valence electrons. The van der Waals surface area contributed by atoms with E-state index in [4.69, 9.17) is 4.42 Å². The van der Waals surface area contributed by atoms with Crippen LogP contribution in [0.4, 0.5) is 0 Å². The first-order valence-electron chi connectivity index (χ1n) is 11.2. The quantitative estimate of drug-likeness (QED) is 0.298. The van der Waals surface area contributed by atoms with Gasteiger partial charge in [0.15, 0.2) is 6.20 Å². The van der Waals surface area contributed by atoms with Crippen molar-refractivity contribution in [1.82, 2.24) is 0 Å². The Morgan fingerprint density at radius 3 is 2.53 bits per heavy atom. The molecule has 0 saturated heterocycles. The number of furan rings is 1. The fraction of sp³-hybridized carbons (Fsp3) is 0.241. The van der Waals surface area contributed by atoms with Gasteiger partial charge in [-0.15, -0.1) is 0 Å². The Bertz CT molecular complexity index is 1560. The Kier molecular flexibility index (Phi) is 4.75. The van der Waals surface area contributed by atoms with E-state index in [2.05, 4.69) is 81.9 Å². The molecule has 0 fully saturated rings. The predicted molar refractivity (Wildman–Crippen MR) is 131 cm³/mol. The molecular weight excluding hydrogens is 392 g/mol. The highest BCUT2D eigenvalue weighted by atomic mass is 16.3. The van der Waals surface area contributed by atoms with Gasteiger partial charge in [0.05, 0.1) is 22.6 Å². The standard InChI is InChI=1S/C29H27N2O/c1-17(2)12-20-6-8-23-22(14-20)10-11-31(5)28(23)27-19(4)18(3)13-25-24-15-21(16-30)7-9-26(24)32-29(25)27/h6-11,13-15,17H,12H2,1-5H3/q+1. The van der Waals surface area contributed by atoms with Crippen molar-refractivity contribution in [3.63, 3.8) is 0 Å². The van der Waals surface area contributed by atoms with Crippen LogP contribution in [0.2, 0.25) is 0 Å². The molecule has 0 bridgehead atoms. The Morgan fingerprint density at radius 2 is 1.78 bits per heavy atom. The highest BCUT2D eigenvalue weighted by Crippen LogP contribution is 2.40. The number of fused-ring (bicyclic) bond motifs is 4. The van der Waals surface area contributed by atoms with E-state index in [9.17, 15) is 5.26 Å². The SMILES string of the molecule is Cc1cc2c(oc3ccc(C#N)cc32)c(-c2c3ccc(CC(C)C)cc3cc[n+]2C)c1C. The third-order valence-electron chi connectivity index (χ3n) is 6.49. The van der Waals surface area contributed by atoms with Crippen LogP contribution in [0, 0.1) is 31.1 Å². The minimum absolute atomic E-state index is 0.624. The average Bonchev–Trinajstić information content (AvgIpc) is 3.12. The number of aromatic nitrogens is 1. The van der Waals surface area contributed by atoms with E-state index < -0.39 is 0 Å². The molecule has 0 spiro atoms. The molecule has 3 nitrogen and oxygen atoms in total. The molecule has 2 heterocycles. The topological polar surface area (TPSA) is 40.8 Å². The monoisotopic (exact) mass is 419 g/mol. The summed E-state index contributed by atoms with van der Waals surface area (Å²) < 4.78 is 8.62. The van der Waals surface area contributed by atoms with Crippen molar-refractivity contribution in [3.05, 3.63) is 77.0 Å². The molecule has 2 aromatic heterocycles. The summed E-state index contributed by atoms with van der Waals surface area (Å²) in [5.41, 5.74) is 8.42. The van der Waals surface area contributed by atoms with Gasteiger partial charge in [0, 0.05) is 16.8 Å². The summed E-state index contributed by atoms with van der Waals surface area (Å²) in [7, 11) is 2.10. The van der Waals surface area contributed by atoms with Gasteiger partial charge in [0.1, 0.15) is 18.2 Å². The van der Waals surface area contributed by atoms with Gasteiger partial charge in [-0.1, -0.05) is 26.0 Å². The van der Waals surface area contributed by atoms with E-state index in [-0.39, 0.29) is 0 Å². The van der Waals surface area contributed by atoms with Gasteiger partial charge in [0.25, 0.3) is 0 Å². The third-order valence-corrected chi connectivity index (χ3v) is 6.49. The van der Waals surface area contributed by atoms with Crippen molar-refractivity contribution in [2.45, 2.75) is 34.1 Å². The molecule has 0 amide bonds. The van der Waals surface area contributed by atoms with Crippen molar-refractivity contribution >= 4 is 32.7 Å². The van der Waals surface area contributed by atoms with Gasteiger partial charge in [-0.05, 0) is 78.6 Å². The Balaban J connectivity index is 1.87. The lowest BCUT2D eigenvalue weighted by Gasteiger charge is -2.12. The van der Waals surface area contributed by atoms with E-state index in [1.165, 1.54) is 27.5 Å². The molecule has 0 saturated carbocycles. The number of nitriles is 1. The first kappa shape index (κ1) is 20.3. The number of pyridine rings is 1. The summed E-state index contributed by atoms with van der Waals surface area (Å²) in [5, 5.41) is 13.9. The van der Waals surface area contributed by atoms with Crippen molar-refractivity contribution < 1.29 is 8.98 Å². The van der Waals surface area contributed by atoms with Crippen molar-refractivity contribution in [2.75, 3.05) is 0 Å². The summed E-state index contributed by atoms with van der Waals surface area (Å²) >= 11 is 0. The van der Waals surface area contributed by atoms with Crippen LogP contribution in [-0.4, -0.2) is 0 Å². The number of hydrogen-bond donors (Lipinski definition) is 0. The number of nitrogens with zero attached hydrogens (tertiary/aromatic N) is 2. The van der Waals surface area contributed by atoms with Crippen molar-refractivity contribution in [1.29, 1.82) is 5.26 Å². The van der Waals surface area contributed by atoms with E-state index >= 15 is 0 Å². The molecule has 0 aliphatic heterocycles.